The zero-order chi connectivity index (χ0) is 20.5. The number of ether oxygens (including phenoxy) is 1. The summed E-state index contributed by atoms with van der Waals surface area (Å²) in [5.74, 6) is -1.06. The Morgan fingerprint density at radius 2 is 1.97 bits per heavy atom. The van der Waals surface area contributed by atoms with Gasteiger partial charge < -0.3 is 10.1 Å². The van der Waals surface area contributed by atoms with Crippen LogP contribution in [0.15, 0.2) is 41.2 Å². The van der Waals surface area contributed by atoms with E-state index in [4.69, 9.17) is 4.74 Å². The predicted octanol–water partition coefficient (Wildman–Crippen LogP) is 2.83. The number of aromatic nitrogens is 2. The van der Waals surface area contributed by atoms with Crippen molar-refractivity contribution in [2.45, 2.75) is 26.2 Å². The fourth-order valence-corrected chi connectivity index (χ4v) is 4.67. The first-order valence-corrected chi connectivity index (χ1v) is 10.2. The summed E-state index contributed by atoms with van der Waals surface area (Å²) in [6.45, 7) is 1.30. The first kappa shape index (κ1) is 19.2. The van der Waals surface area contributed by atoms with Gasteiger partial charge in [-0.2, -0.15) is 0 Å². The van der Waals surface area contributed by atoms with E-state index in [9.17, 15) is 14.4 Å². The van der Waals surface area contributed by atoms with Crippen molar-refractivity contribution < 1.29 is 14.3 Å². The van der Waals surface area contributed by atoms with Crippen LogP contribution < -0.4 is 10.9 Å². The maximum atomic E-state index is 12.8. The average molecular weight is 411 g/mol. The van der Waals surface area contributed by atoms with Crippen molar-refractivity contribution in [2.75, 3.05) is 11.9 Å². The lowest BCUT2D eigenvalue weighted by Crippen LogP contribution is -2.25. The second-order valence-corrected chi connectivity index (χ2v) is 8.11. The lowest BCUT2D eigenvalue weighted by Gasteiger charge is -2.07. The number of rotatable bonds is 5. The summed E-state index contributed by atoms with van der Waals surface area (Å²) in [5.41, 5.74) is 2.33. The topological polar surface area (TPSA) is 82.3 Å². The molecule has 7 nitrogen and oxygen atoms in total. The van der Waals surface area contributed by atoms with Crippen LogP contribution in [0.5, 0.6) is 0 Å². The molecule has 0 atom stereocenters. The largest absolute Gasteiger partial charge is 0.451 e. The van der Waals surface area contributed by atoms with Crippen LogP contribution in [0.3, 0.4) is 0 Å². The molecule has 1 aliphatic carbocycles. The van der Waals surface area contributed by atoms with Crippen LogP contribution in [-0.2, 0) is 29.4 Å². The van der Waals surface area contributed by atoms with E-state index < -0.39 is 18.5 Å². The summed E-state index contributed by atoms with van der Waals surface area (Å²) in [5, 5.41) is 2.59. The second kappa shape index (κ2) is 7.71. The second-order valence-electron chi connectivity index (χ2n) is 6.97. The quantitative estimate of drug-likeness (QED) is 0.655. The number of nitrogens with one attached hydrogen (secondary N) is 1. The van der Waals surface area contributed by atoms with Gasteiger partial charge in [-0.1, -0.05) is 18.2 Å². The molecule has 1 amide bonds. The smallest absolute Gasteiger partial charge is 0.348 e. The van der Waals surface area contributed by atoms with Crippen LogP contribution >= 0.6 is 11.3 Å². The SMILES string of the molecule is Cc1c(NC(=O)COC(=O)c2cc3c(s2)CCC3)c(=O)n(-c2ccccc2)n1C. The standard InChI is InChI=1S/C21H21N3O4S/c1-13-19(20(26)24(23(13)2)15-8-4-3-5-9-15)22-18(25)12-28-21(27)17-11-14-7-6-10-16(14)29-17/h3-5,8-9,11H,6-7,10,12H2,1-2H3,(H,22,25). The Morgan fingerprint density at radius 1 is 1.21 bits per heavy atom. The summed E-state index contributed by atoms with van der Waals surface area (Å²) in [7, 11) is 1.75. The Kier molecular flexibility index (Phi) is 5.10. The molecule has 0 spiro atoms. The van der Waals surface area contributed by atoms with Crippen molar-refractivity contribution in [3.05, 3.63) is 67.8 Å². The van der Waals surface area contributed by atoms with Gasteiger partial charge in [0.25, 0.3) is 11.5 Å². The first-order valence-electron chi connectivity index (χ1n) is 9.38. The van der Waals surface area contributed by atoms with Crippen LogP contribution in [0.1, 0.15) is 32.2 Å². The number of amides is 1. The fourth-order valence-electron chi connectivity index (χ4n) is 3.52. The van der Waals surface area contributed by atoms with E-state index >= 15 is 0 Å². The third kappa shape index (κ3) is 3.63. The highest BCUT2D eigenvalue weighted by atomic mass is 32.1. The van der Waals surface area contributed by atoms with Gasteiger partial charge in [-0.25, -0.2) is 9.48 Å². The minimum atomic E-state index is -0.548. The van der Waals surface area contributed by atoms with Crippen molar-refractivity contribution in [1.82, 2.24) is 9.36 Å². The minimum absolute atomic E-state index is 0.174. The Morgan fingerprint density at radius 3 is 2.69 bits per heavy atom. The van der Waals surface area contributed by atoms with Gasteiger partial charge in [0.05, 0.1) is 11.4 Å². The number of anilines is 1. The van der Waals surface area contributed by atoms with Gasteiger partial charge >= 0.3 is 5.97 Å². The molecule has 3 aromatic rings. The van der Waals surface area contributed by atoms with Gasteiger partial charge in [0.15, 0.2) is 6.61 Å². The molecule has 150 valence electrons. The molecule has 2 aromatic heterocycles. The molecular weight excluding hydrogens is 390 g/mol. The number of carbonyl (C=O) groups is 2. The molecule has 1 aliphatic rings. The molecule has 2 heterocycles. The zero-order valence-electron chi connectivity index (χ0n) is 16.2. The molecular formula is C21H21N3O4S. The van der Waals surface area contributed by atoms with Crippen LogP contribution in [0.2, 0.25) is 0 Å². The molecule has 0 unspecified atom stereocenters. The number of hydrogen-bond acceptors (Lipinski definition) is 5. The van der Waals surface area contributed by atoms with E-state index in [0.717, 1.165) is 19.3 Å². The maximum Gasteiger partial charge on any atom is 0.348 e. The summed E-state index contributed by atoms with van der Waals surface area (Å²) >= 11 is 1.43. The van der Waals surface area contributed by atoms with Crippen molar-refractivity contribution >= 4 is 28.9 Å². The number of benzene rings is 1. The van der Waals surface area contributed by atoms with E-state index in [0.29, 0.717) is 16.3 Å². The van der Waals surface area contributed by atoms with Crippen molar-refractivity contribution in [2.24, 2.45) is 7.05 Å². The molecule has 0 saturated carbocycles. The van der Waals surface area contributed by atoms with Gasteiger partial charge in [0.2, 0.25) is 0 Å². The molecule has 1 aromatic carbocycles. The lowest BCUT2D eigenvalue weighted by molar-refractivity contribution is -0.119. The van der Waals surface area contributed by atoms with Gasteiger partial charge in [-0.05, 0) is 49.9 Å². The lowest BCUT2D eigenvalue weighted by atomic mass is 10.2. The number of thiophene rings is 1. The highest BCUT2D eigenvalue weighted by Crippen LogP contribution is 2.30. The zero-order valence-corrected chi connectivity index (χ0v) is 17.0. The van der Waals surface area contributed by atoms with Crippen molar-refractivity contribution in [1.29, 1.82) is 0 Å². The number of aryl methyl sites for hydroxylation is 2. The molecule has 0 bridgehead atoms. The number of hydrogen-bond donors (Lipinski definition) is 1. The molecule has 8 heteroatoms. The van der Waals surface area contributed by atoms with E-state index in [-0.39, 0.29) is 11.2 Å². The van der Waals surface area contributed by atoms with E-state index in [1.165, 1.54) is 26.5 Å². The van der Waals surface area contributed by atoms with E-state index in [1.807, 2.05) is 36.4 Å². The van der Waals surface area contributed by atoms with Crippen LogP contribution in [0.4, 0.5) is 5.69 Å². The summed E-state index contributed by atoms with van der Waals surface area (Å²) in [4.78, 5) is 39.1. The van der Waals surface area contributed by atoms with Crippen molar-refractivity contribution in [3.63, 3.8) is 0 Å². The summed E-state index contributed by atoms with van der Waals surface area (Å²) < 4.78 is 8.29. The van der Waals surface area contributed by atoms with Crippen LogP contribution in [-0.4, -0.2) is 27.8 Å². The van der Waals surface area contributed by atoms with E-state index in [2.05, 4.69) is 5.32 Å². The number of nitrogens with zero attached hydrogens (tertiary/aromatic N) is 2. The highest BCUT2D eigenvalue weighted by molar-refractivity contribution is 7.14. The number of carbonyl (C=O) groups excluding carboxylic acids is 2. The van der Waals surface area contributed by atoms with E-state index in [1.54, 1.807) is 18.7 Å². The molecule has 0 saturated heterocycles. The Bertz CT molecular complexity index is 1120. The van der Waals surface area contributed by atoms with Gasteiger partial charge in [-0.3, -0.25) is 14.3 Å². The fraction of sp³-hybridized carbons (Fsp3) is 0.286. The molecule has 29 heavy (non-hydrogen) atoms. The van der Waals surface area contributed by atoms with Crippen LogP contribution in [0, 0.1) is 6.92 Å². The normalized spacial score (nSPS) is 12.6. The third-order valence-electron chi connectivity index (χ3n) is 5.10. The minimum Gasteiger partial charge on any atom is -0.451 e. The summed E-state index contributed by atoms with van der Waals surface area (Å²) in [6, 6.07) is 11.0. The van der Waals surface area contributed by atoms with Crippen LogP contribution in [0.25, 0.3) is 5.69 Å². The predicted molar refractivity (Wildman–Crippen MR) is 111 cm³/mol. The maximum absolute atomic E-state index is 12.8. The molecule has 0 radical (unpaired) electrons. The Labute approximate surface area is 171 Å². The highest BCUT2D eigenvalue weighted by Gasteiger charge is 2.21. The molecule has 0 fully saturated rings. The van der Waals surface area contributed by atoms with Crippen molar-refractivity contribution in [3.8, 4) is 5.69 Å². The first-order chi connectivity index (χ1) is 14.0. The Hall–Kier alpha value is -3.13. The third-order valence-corrected chi connectivity index (χ3v) is 6.32. The monoisotopic (exact) mass is 411 g/mol. The molecule has 0 aliphatic heterocycles. The summed E-state index contributed by atoms with van der Waals surface area (Å²) in [6.07, 6.45) is 3.10. The molecule has 4 rings (SSSR count). The van der Waals surface area contributed by atoms with Gasteiger partial charge in [0.1, 0.15) is 10.6 Å². The number of fused-ring (bicyclic) bond motifs is 1. The number of esters is 1. The Balaban J connectivity index is 1.44. The number of para-hydroxylation sites is 1. The molecule has 1 N–H and O–H groups in total. The van der Waals surface area contributed by atoms with Gasteiger partial charge in [-0.15, -0.1) is 11.3 Å². The van der Waals surface area contributed by atoms with Gasteiger partial charge in [0, 0.05) is 11.9 Å². The average Bonchev–Trinajstić information content (AvgIpc) is 3.37.